The zero-order valence-electron chi connectivity index (χ0n) is 11.4. The van der Waals surface area contributed by atoms with E-state index in [1.165, 1.54) is 18.5 Å². The first-order valence-corrected chi connectivity index (χ1v) is 6.39. The summed E-state index contributed by atoms with van der Waals surface area (Å²) in [4.78, 5) is 7.96. The van der Waals surface area contributed by atoms with E-state index < -0.39 is 24.0 Å². The maximum atomic E-state index is 13.6. The topological polar surface area (TPSA) is 64.7 Å². The lowest BCUT2D eigenvalue weighted by Crippen LogP contribution is -1.99. The van der Waals surface area contributed by atoms with E-state index in [0.29, 0.717) is 0 Å². The third kappa shape index (κ3) is 3.33. The molecule has 0 radical (unpaired) electrons. The van der Waals surface area contributed by atoms with Crippen LogP contribution in [-0.4, -0.2) is 20.2 Å². The average molecular weight is 324 g/mol. The molecule has 3 aromatic rings. The molecule has 9 heteroatoms. The number of benzene rings is 1. The predicted octanol–water partition coefficient (Wildman–Crippen LogP) is 3.33. The number of halogens is 4. The fraction of sp³-hybridized carbons (Fsp3) is 0.143. The summed E-state index contributed by atoms with van der Waals surface area (Å²) in [5.74, 6) is -2.03. The van der Waals surface area contributed by atoms with E-state index in [4.69, 9.17) is 4.42 Å². The van der Waals surface area contributed by atoms with E-state index in [1.54, 1.807) is 0 Å². The minimum Gasteiger partial charge on any atom is -0.415 e. The second kappa shape index (κ2) is 6.11. The van der Waals surface area contributed by atoms with Gasteiger partial charge in [0.1, 0.15) is 17.5 Å². The summed E-state index contributed by atoms with van der Waals surface area (Å²) in [6.45, 7) is 0. The number of aromatic nitrogens is 4. The summed E-state index contributed by atoms with van der Waals surface area (Å²) in [5.41, 5.74) is 0.490. The lowest BCUT2D eigenvalue weighted by atomic mass is 10.1. The van der Waals surface area contributed by atoms with Crippen LogP contribution in [-0.2, 0) is 6.42 Å². The SMILES string of the molecule is Fc1ccc(Cc2ncc(-c3nnc(C(F)F)o3)cn2)c(F)c1. The van der Waals surface area contributed by atoms with E-state index in [-0.39, 0.29) is 29.3 Å². The van der Waals surface area contributed by atoms with Crippen LogP contribution in [0, 0.1) is 11.6 Å². The zero-order chi connectivity index (χ0) is 16.4. The highest BCUT2D eigenvalue weighted by Gasteiger charge is 2.17. The number of hydrogen-bond donors (Lipinski definition) is 0. The van der Waals surface area contributed by atoms with E-state index in [1.807, 2.05) is 0 Å². The standard InChI is InChI=1S/C14H8F4N4O/c15-9-2-1-7(10(16)4-9)3-11-19-5-8(6-20-11)13-21-22-14(23-13)12(17)18/h1-2,4-6,12H,3H2. The Labute approximate surface area is 127 Å². The van der Waals surface area contributed by atoms with Crippen LogP contribution in [0.25, 0.3) is 11.5 Å². The quantitative estimate of drug-likeness (QED) is 0.689. The zero-order valence-corrected chi connectivity index (χ0v) is 11.4. The molecule has 0 saturated heterocycles. The van der Waals surface area contributed by atoms with Gasteiger partial charge in [-0.3, -0.25) is 0 Å². The van der Waals surface area contributed by atoms with Crippen molar-refractivity contribution in [2.45, 2.75) is 12.8 Å². The summed E-state index contributed by atoms with van der Waals surface area (Å²) in [7, 11) is 0. The van der Waals surface area contributed by atoms with Crippen LogP contribution in [0.2, 0.25) is 0 Å². The summed E-state index contributed by atoms with van der Waals surface area (Å²) in [6, 6.07) is 3.21. The maximum Gasteiger partial charge on any atom is 0.314 e. The van der Waals surface area contributed by atoms with Crippen LogP contribution in [0.3, 0.4) is 0 Å². The second-order valence-electron chi connectivity index (χ2n) is 4.55. The van der Waals surface area contributed by atoms with Crippen molar-refractivity contribution in [3.8, 4) is 11.5 Å². The number of alkyl halides is 2. The van der Waals surface area contributed by atoms with Crippen LogP contribution >= 0.6 is 0 Å². The third-order valence-corrected chi connectivity index (χ3v) is 2.94. The highest BCUT2D eigenvalue weighted by atomic mass is 19.3. The molecule has 0 spiro atoms. The van der Waals surface area contributed by atoms with Crippen LogP contribution < -0.4 is 0 Å². The summed E-state index contributed by atoms with van der Waals surface area (Å²) in [6.07, 6.45) is -0.213. The predicted molar refractivity (Wildman–Crippen MR) is 69.4 cm³/mol. The van der Waals surface area contributed by atoms with Gasteiger partial charge in [-0.15, -0.1) is 10.2 Å². The number of nitrogens with zero attached hydrogens (tertiary/aromatic N) is 4. The molecule has 2 heterocycles. The Hall–Kier alpha value is -2.84. The van der Waals surface area contributed by atoms with Crippen molar-refractivity contribution >= 4 is 0 Å². The lowest BCUT2D eigenvalue weighted by Gasteiger charge is -2.03. The van der Waals surface area contributed by atoms with Crippen molar-refractivity contribution in [3.05, 3.63) is 59.5 Å². The summed E-state index contributed by atoms with van der Waals surface area (Å²) in [5, 5.41) is 6.66. The molecular weight excluding hydrogens is 316 g/mol. The highest BCUT2D eigenvalue weighted by Crippen LogP contribution is 2.22. The van der Waals surface area contributed by atoms with Crippen molar-refractivity contribution in [2.24, 2.45) is 0 Å². The van der Waals surface area contributed by atoms with Gasteiger partial charge < -0.3 is 4.42 Å². The van der Waals surface area contributed by atoms with Crippen LogP contribution in [0.15, 0.2) is 35.0 Å². The van der Waals surface area contributed by atoms with Crippen LogP contribution in [0.1, 0.15) is 23.7 Å². The molecule has 3 rings (SSSR count). The van der Waals surface area contributed by atoms with Crippen molar-refractivity contribution in [1.29, 1.82) is 0 Å². The molecule has 0 amide bonds. The van der Waals surface area contributed by atoms with E-state index >= 15 is 0 Å². The minimum atomic E-state index is -2.86. The molecule has 0 aliphatic heterocycles. The smallest absolute Gasteiger partial charge is 0.314 e. The molecule has 0 aliphatic rings. The molecule has 0 N–H and O–H groups in total. The number of hydrogen-bond acceptors (Lipinski definition) is 5. The normalized spacial score (nSPS) is 11.2. The Kier molecular flexibility index (Phi) is 4.00. The molecule has 23 heavy (non-hydrogen) atoms. The molecule has 0 bridgehead atoms. The highest BCUT2D eigenvalue weighted by molar-refractivity contribution is 5.48. The molecule has 2 aromatic heterocycles. The first-order chi connectivity index (χ1) is 11.0. The molecular formula is C14H8F4N4O. The molecule has 0 atom stereocenters. The van der Waals surface area contributed by atoms with Gasteiger partial charge in [-0.25, -0.2) is 18.7 Å². The monoisotopic (exact) mass is 324 g/mol. The van der Waals surface area contributed by atoms with Gasteiger partial charge in [0.2, 0.25) is 0 Å². The minimum absolute atomic E-state index is 0.0541. The third-order valence-electron chi connectivity index (χ3n) is 2.94. The van der Waals surface area contributed by atoms with Crippen molar-refractivity contribution in [1.82, 2.24) is 20.2 Å². The fourth-order valence-corrected chi connectivity index (χ4v) is 1.83. The van der Waals surface area contributed by atoms with Crippen molar-refractivity contribution in [3.63, 3.8) is 0 Å². The van der Waals surface area contributed by atoms with Gasteiger partial charge in [-0.1, -0.05) is 6.07 Å². The van der Waals surface area contributed by atoms with E-state index in [0.717, 1.165) is 12.1 Å². The lowest BCUT2D eigenvalue weighted by molar-refractivity contribution is 0.116. The van der Waals surface area contributed by atoms with Gasteiger partial charge in [0.05, 0.1) is 5.56 Å². The first-order valence-electron chi connectivity index (χ1n) is 6.39. The molecule has 1 aromatic carbocycles. The Bertz CT molecular complexity index is 820. The fourth-order valence-electron chi connectivity index (χ4n) is 1.83. The molecule has 0 fully saturated rings. The largest absolute Gasteiger partial charge is 0.415 e. The van der Waals surface area contributed by atoms with Gasteiger partial charge in [0.25, 0.3) is 11.8 Å². The van der Waals surface area contributed by atoms with E-state index in [2.05, 4.69) is 20.2 Å². The molecule has 0 aliphatic carbocycles. The average Bonchev–Trinajstić information content (AvgIpc) is 3.01. The molecule has 0 unspecified atom stereocenters. The van der Waals surface area contributed by atoms with Crippen molar-refractivity contribution in [2.75, 3.05) is 0 Å². The van der Waals surface area contributed by atoms with Crippen LogP contribution in [0.5, 0.6) is 0 Å². The van der Waals surface area contributed by atoms with Crippen LogP contribution in [0.4, 0.5) is 17.6 Å². The summed E-state index contributed by atoms with van der Waals surface area (Å²) < 4.78 is 55.9. The Balaban J connectivity index is 1.78. The first kappa shape index (κ1) is 15.1. The maximum absolute atomic E-state index is 13.6. The second-order valence-corrected chi connectivity index (χ2v) is 4.55. The van der Waals surface area contributed by atoms with Gasteiger partial charge in [-0.2, -0.15) is 8.78 Å². The Morgan fingerprint density at radius 2 is 1.78 bits per heavy atom. The van der Waals surface area contributed by atoms with Crippen molar-refractivity contribution < 1.29 is 22.0 Å². The molecule has 0 saturated carbocycles. The molecule has 118 valence electrons. The molecule has 5 nitrogen and oxygen atoms in total. The summed E-state index contributed by atoms with van der Waals surface area (Å²) >= 11 is 0. The van der Waals surface area contributed by atoms with Gasteiger partial charge in [0, 0.05) is 24.9 Å². The van der Waals surface area contributed by atoms with Gasteiger partial charge in [0.15, 0.2) is 0 Å². The Morgan fingerprint density at radius 1 is 1.04 bits per heavy atom. The number of rotatable bonds is 4. The van der Waals surface area contributed by atoms with Gasteiger partial charge in [-0.05, 0) is 11.6 Å². The van der Waals surface area contributed by atoms with Gasteiger partial charge >= 0.3 is 6.43 Å². The van der Waals surface area contributed by atoms with E-state index in [9.17, 15) is 17.6 Å². The Morgan fingerprint density at radius 3 is 2.39 bits per heavy atom.